The molecule has 0 saturated carbocycles. The largest absolute Gasteiger partial charge is 0.324 e. The van der Waals surface area contributed by atoms with Gasteiger partial charge in [-0.1, -0.05) is 0 Å². The maximum absolute atomic E-state index is 5.82. The molecule has 0 aromatic carbocycles. The van der Waals surface area contributed by atoms with E-state index in [1.807, 2.05) is 25.1 Å². The summed E-state index contributed by atoms with van der Waals surface area (Å²) in [6.45, 7) is 1.96. The Labute approximate surface area is 76.6 Å². The van der Waals surface area contributed by atoms with Gasteiger partial charge in [0.1, 0.15) is 0 Å². The van der Waals surface area contributed by atoms with E-state index in [4.69, 9.17) is 5.73 Å². The maximum atomic E-state index is 5.82. The van der Waals surface area contributed by atoms with Crippen LogP contribution in [0, 0.1) is 0 Å². The summed E-state index contributed by atoms with van der Waals surface area (Å²) in [5.74, 6) is 0. The highest BCUT2D eigenvalue weighted by molar-refractivity contribution is 5.78. The number of pyridine rings is 2. The zero-order chi connectivity index (χ0) is 9.26. The van der Waals surface area contributed by atoms with E-state index in [1.54, 1.807) is 12.4 Å². The molecule has 1 unspecified atom stereocenters. The molecule has 0 aliphatic heterocycles. The van der Waals surface area contributed by atoms with Crippen LogP contribution >= 0.6 is 0 Å². The molecule has 3 heteroatoms. The van der Waals surface area contributed by atoms with Gasteiger partial charge in [-0.25, -0.2) is 9.97 Å². The molecule has 1 atom stereocenters. The van der Waals surface area contributed by atoms with E-state index < -0.39 is 0 Å². The molecule has 0 spiro atoms. The van der Waals surface area contributed by atoms with Gasteiger partial charge >= 0.3 is 0 Å². The number of nitrogens with two attached hydrogens (primary N) is 1. The summed E-state index contributed by atoms with van der Waals surface area (Å²) in [6.07, 6.45) is 3.48. The van der Waals surface area contributed by atoms with Crippen molar-refractivity contribution in [3.63, 3.8) is 0 Å². The Hall–Kier alpha value is -1.48. The Bertz CT molecular complexity index is 418. The van der Waals surface area contributed by atoms with Crippen LogP contribution in [0.25, 0.3) is 11.0 Å². The number of aromatic nitrogens is 2. The highest BCUT2D eigenvalue weighted by Crippen LogP contribution is 2.18. The summed E-state index contributed by atoms with van der Waals surface area (Å²) in [4.78, 5) is 8.32. The van der Waals surface area contributed by atoms with Crippen LogP contribution in [0.3, 0.4) is 0 Å². The Morgan fingerprint density at radius 2 is 2.00 bits per heavy atom. The number of fused-ring (bicyclic) bond motifs is 1. The van der Waals surface area contributed by atoms with E-state index >= 15 is 0 Å². The minimum atomic E-state index is 0.0229. The lowest BCUT2D eigenvalue weighted by molar-refractivity contribution is 0.824. The molecule has 2 aromatic heterocycles. The fraction of sp³-hybridized carbons (Fsp3) is 0.200. The highest BCUT2D eigenvalue weighted by atomic mass is 14.8. The van der Waals surface area contributed by atoms with Crippen molar-refractivity contribution in [3.8, 4) is 0 Å². The normalized spacial score (nSPS) is 13.1. The molecule has 2 aromatic rings. The van der Waals surface area contributed by atoms with Crippen molar-refractivity contribution in [3.05, 3.63) is 36.2 Å². The van der Waals surface area contributed by atoms with Gasteiger partial charge in [-0.2, -0.15) is 0 Å². The van der Waals surface area contributed by atoms with Crippen molar-refractivity contribution < 1.29 is 0 Å². The predicted octanol–water partition coefficient (Wildman–Crippen LogP) is 1.65. The summed E-state index contributed by atoms with van der Waals surface area (Å²) in [5, 5.41) is 1.04. The Morgan fingerprint density at radius 1 is 1.23 bits per heavy atom. The smallest absolute Gasteiger partial charge is 0.159 e. The lowest BCUT2D eigenvalue weighted by atomic mass is 10.1. The molecule has 0 radical (unpaired) electrons. The van der Waals surface area contributed by atoms with Gasteiger partial charge < -0.3 is 5.73 Å². The second-order valence-corrected chi connectivity index (χ2v) is 3.06. The van der Waals surface area contributed by atoms with Gasteiger partial charge in [0.15, 0.2) is 5.65 Å². The first-order valence-electron chi connectivity index (χ1n) is 4.24. The second kappa shape index (κ2) is 3.11. The highest BCUT2D eigenvalue weighted by Gasteiger charge is 2.04. The Kier molecular flexibility index (Phi) is 1.94. The molecular formula is C10H11N3. The van der Waals surface area contributed by atoms with Crippen LogP contribution in [-0.2, 0) is 0 Å². The number of nitrogens with zero attached hydrogens (tertiary/aromatic N) is 2. The fourth-order valence-electron chi connectivity index (χ4n) is 1.40. The van der Waals surface area contributed by atoms with Gasteiger partial charge in [-0.3, -0.25) is 0 Å². The summed E-state index contributed by atoms with van der Waals surface area (Å²) < 4.78 is 0. The summed E-state index contributed by atoms with van der Waals surface area (Å²) >= 11 is 0. The zero-order valence-corrected chi connectivity index (χ0v) is 7.44. The van der Waals surface area contributed by atoms with Crippen molar-refractivity contribution in [2.24, 2.45) is 5.73 Å². The first-order valence-corrected chi connectivity index (χ1v) is 4.24. The minimum Gasteiger partial charge on any atom is -0.324 e. The predicted molar refractivity (Wildman–Crippen MR) is 52.1 cm³/mol. The average Bonchev–Trinajstić information content (AvgIpc) is 2.17. The standard InChI is InChI=1S/C10H11N3/c1-7(11)8-4-6-13-10-9(8)3-2-5-12-10/h2-7H,11H2,1H3. The van der Waals surface area contributed by atoms with Crippen LogP contribution in [0.5, 0.6) is 0 Å². The van der Waals surface area contributed by atoms with E-state index in [0.29, 0.717) is 0 Å². The molecule has 0 amide bonds. The average molecular weight is 173 g/mol. The third-order valence-electron chi connectivity index (χ3n) is 2.04. The minimum absolute atomic E-state index is 0.0229. The summed E-state index contributed by atoms with van der Waals surface area (Å²) in [6, 6.07) is 5.85. The van der Waals surface area contributed by atoms with Crippen LogP contribution in [0.2, 0.25) is 0 Å². The van der Waals surface area contributed by atoms with Crippen LogP contribution in [0.4, 0.5) is 0 Å². The van der Waals surface area contributed by atoms with E-state index in [-0.39, 0.29) is 6.04 Å². The SMILES string of the molecule is CC(N)c1ccnc2ncccc12. The van der Waals surface area contributed by atoms with Crippen LogP contribution in [-0.4, -0.2) is 9.97 Å². The van der Waals surface area contributed by atoms with Crippen molar-refractivity contribution in [2.75, 3.05) is 0 Å². The van der Waals surface area contributed by atoms with Crippen LogP contribution < -0.4 is 5.73 Å². The molecule has 13 heavy (non-hydrogen) atoms. The lowest BCUT2D eigenvalue weighted by Gasteiger charge is -2.07. The van der Waals surface area contributed by atoms with Gasteiger partial charge in [-0.15, -0.1) is 0 Å². The first-order chi connectivity index (χ1) is 6.29. The van der Waals surface area contributed by atoms with Crippen LogP contribution in [0.1, 0.15) is 18.5 Å². The second-order valence-electron chi connectivity index (χ2n) is 3.06. The molecule has 0 aliphatic rings. The molecule has 3 nitrogen and oxygen atoms in total. The maximum Gasteiger partial charge on any atom is 0.159 e. The van der Waals surface area contributed by atoms with E-state index in [1.165, 1.54) is 0 Å². The third-order valence-corrected chi connectivity index (χ3v) is 2.04. The van der Waals surface area contributed by atoms with E-state index in [2.05, 4.69) is 9.97 Å². The molecule has 0 saturated heterocycles. The topological polar surface area (TPSA) is 51.8 Å². The number of hydrogen-bond acceptors (Lipinski definition) is 3. The van der Waals surface area contributed by atoms with Crippen LogP contribution in [0.15, 0.2) is 30.6 Å². The molecule has 0 aliphatic carbocycles. The zero-order valence-electron chi connectivity index (χ0n) is 7.44. The Balaban J connectivity index is 2.76. The third kappa shape index (κ3) is 1.38. The molecule has 2 N–H and O–H groups in total. The number of hydrogen-bond donors (Lipinski definition) is 1. The quantitative estimate of drug-likeness (QED) is 0.713. The monoisotopic (exact) mass is 173 g/mol. The van der Waals surface area contributed by atoms with Gasteiger partial charge in [0.2, 0.25) is 0 Å². The van der Waals surface area contributed by atoms with E-state index in [9.17, 15) is 0 Å². The summed E-state index contributed by atoms with van der Waals surface area (Å²) in [5.41, 5.74) is 7.68. The van der Waals surface area contributed by atoms with Gasteiger partial charge in [0.05, 0.1) is 0 Å². The Morgan fingerprint density at radius 3 is 2.77 bits per heavy atom. The fourth-order valence-corrected chi connectivity index (χ4v) is 1.40. The molecule has 0 bridgehead atoms. The molecule has 2 rings (SSSR count). The van der Waals surface area contributed by atoms with Crippen molar-refractivity contribution >= 4 is 11.0 Å². The van der Waals surface area contributed by atoms with Crippen molar-refractivity contribution in [1.29, 1.82) is 0 Å². The molecule has 2 heterocycles. The summed E-state index contributed by atoms with van der Waals surface area (Å²) in [7, 11) is 0. The van der Waals surface area contributed by atoms with Gasteiger partial charge in [-0.05, 0) is 30.7 Å². The van der Waals surface area contributed by atoms with Crippen molar-refractivity contribution in [1.82, 2.24) is 9.97 Å². The van der Waals surface area contributed by atoms with Crippen molar-refractivity contribution in [2.45, 2.75) is 13.0 Å². The van der Waals surface area contributed by atoms with Gasteiger partial charge in [0, 0.05) is 23.8 Å². The molecular weight excluding hydrogens is 162 g/mol. The first kappa shape index (κ1) is 8.13. The lowest BCUT2D eigenvalue weighted by Crippen LogP contribution is -2.06. The number of rotatable bonds is 1. The molecule has 66 valence electrons. The van der Waals surface area contributed by atoms with Gasteiger partial charge in [0.25, 0.3) is 0 Å². The van der Waals surface area contributed by atoms with E-state index in [0.717, 1.165) is 16.6 Å². The molecule has 0 fully saturated rings.